The molecule has 5 heteroatoms. The summed E-state index contributed by atoms with van der Waals surface area (Å²) < 4.78 is 0. The number of likely N-dealkylation sites (tertiary alicyclic amines) is 2. The van der Waals surface area contributed by atoms with Crippen molar-refractivity contribution in [3.05, 3.63) is 35.4 Å². The van der Waals surface area contributed by atoms with E-state index in [0.29, 0.717) is 31.3 Å². The van der Waals surface area contributed by atoms with E-state index < -0.39 is 0 Å². The first-order valence-electron chi connectivity index (χ1n) is 10.2. The number of piperidine rings is 1. The Morgan fingerprint density at radius 3 is 2.59 bits per heavy atom. The molecule has 0 radical (unpaired) electrons. The lowest BCUT2D eigenvalue weighted by molar-refractivity contribution is -0.128. The zero-order valence-corrected chi connectivity index (χ0v) is 17.0. The Labute approximate surface area is 163 Å². The van der Waals surface area contributed by atoms with Crippen LogP contribution in [0.4, 0.5) is 0 Å². The van der Waals surface area contributed by atoms with Gasteiger partial charge in [0.2, 0.25) is 11.8 Å². The second-order valence-corrected chi connectivity index (χ2v) is 8.82. The van der Waals surface area contributed by atoms with Gasteiger partial charge in [-0.1, -0.05) is 38.1 Å². The molecule has 27 heavy (non-hydrogen) atoms. The molecule has 3 rings (SSSR count). The highest BCUT2D eigenvalue weighted by Crippen LogP contribution is 2.41. The molecular weight excluding hydrogens is 338 g/mol. The number of aryl methyl sites for hydroxylation is 1. The third kappa shape index (κ3) is 5.10. The van der Waals surface area contributed by atoms with Crippen molar-refractivity contribution in [3.63, 3.8) is 0 Å². The maximum absolute atomic E-state index is 12.3. The fourth-order valence-corrected chi connectivity index (χ4v) is 4.37. The van der Waals surface area contributed by atoms with Crippen molar-refractivity contribution in [1.29, 1.82) is 0 Å². The summed E-state index contributed by atoms with van der Waals surface area (Å²) in [4.78, 5) is 28.9. The maximum Gasteiger partial charge on any atom is 0.234 e. The Hall–Kier alpha value is -1.88. The van der Waals surface area contributed by atoms with Crippen molar-refractivity contribution in [1.82, 2.24) is 15.1 Å². The summed E-state index contributed by atoms with van der Waals surface area (Å²) >= 11 is 0. The van der Waals surface area contributed by atoms with Gasteiger partial charge in [-0.3, -0.25) is 14.5 Å². The third-order valence-electron chi connectivity index (χ3n) is 6.01. The molecule has 2 aliphatic heterocycles. The van der Waals surface area contributed by atoms with E-state index in [0.717, 1.165) is 44.6 Å². The van der Waals surface area contributed by atoms with Gasteiger partial charge in [-0.15, -0.1) is 0 Å². The summed E-state index contributed by atoms with van der Waals surface area (Å²) in [5.74, 6) is 0.910. The van der Waals surface area contributed by atoms with Crippen LogP contribution in [0.5, 0.6) is 0 Å². The number of carbonyl (C=O) groups excluding carboxylic acids is 2. The van der Waals surface area contributed by atoms with Gasteiger partial charge in [0, 0.05) is 26.1 Å². The van der Waals surface area contributed by atoms with Crippen LogP contribution in [0.15, 0.2) is 24.3 Å². The van der Waals surface area contributed by atoms with Crippen molar-refractivity contribution >= 4 is 11.8 Å². The van der Waals surface area contributed by atoms with Gasteiger partial charge in [0.15, 0.2) is 0 Å². The van der Waals surface area contributed by atoms with Crippen molar-refractivity contribution in [2.75, 3.05) is 32.7 Å². The molecule has 0 saturated carbocycles. The molecule has 0 aromatic heterocycles. The third-order valence-corrected chi connectivity index (χ3v) is 6.01. The van der Waals surface area contributed by atoms with Gasteiger partial charge < -0.3 is 10.2 Å². The molecule has 1 N–H and O–H groups in total. The average Bonchev–Trinajstić information content (AvgIpc) is 2.91. The van der Waals surface area contributed by atoms with Crippen LogP contribution >= 0.6 is 0 Å². The van der Waals surface area contributed by atoms with Crippen molar-refractivity contribution < 1.29 is 9.59 Å². The van der Waals surface area contributed by atoms with Gasteiger partial charge in [0.25, 0.3) is 0 Å². The summed E-state index contributed by atoms with van der Waals surface area (Å²) in [6, 6.07) is 8.14. The first-order valence-corrected chi connectivity index (χ1v) is 10.2. The Bertz CT molecular complexity index is 678. The number of nitrogens with zero attached hydrogens (tertiary/aromatic N) is 2. The van der Waals surface area contributed by atoms with E-state index in [2.05, 4.69) is 48.0 Å². The lowest BCUT2D eigenvalue weighted by Gasteiger charge is -2.38. The summed E-state index contributed by atoms with van der Waals surface area (Å²) in [6.45, 7) is 11.0. The van der Waals surface area contributed by atoms with E-state index in [-0.39, 0.29) is 11.3 Å². The zero-order valence-electron chi connectivity index (χ0n) is 17.0. The van der Waals surface area contributed by atoms with Gasteiger partial charge in [0.05, 0.1) is 6.54 Å². The monoisotopic (exact) mass is 371 g/mol. The number of hydrogen-bond donors (Lipinski definition) is 1. The summed E-state index contributed by atoms with van der Waals surface area (Å²) in [5, 5.41) is 3.04. The van der Waals surface area contributed by atoms with E-state index >= 15 is 0 Å². The van der Waals surface area contributed by atoms with Crippen LogP contribution in [0.3, 0.4) is 0 Å². The van der Waals surface area contributed by atoms with Gasteiger partial charge in [-0.05, 0) is 55.3 Å². The van der Waals surface area contributed by atoms with Crippen LogP contribution in [0, 0.1) is 18.3 Å². The number of nitrogens with one attached hydrogen (secondary N) is 1. The van der Waals surface area contributed by atoms with E-state index in [1.807, 2.05) is 12.1 Å². The maximum atomic E-state index is 12.3. The number of carbonyl (C=O) groups is 2. The van der Waals surface area contributed by atoms with Crippen LogP contribution < -0.4 is 5.32 Å². The molecule has 0 aliphatic carbocycles. The SMILES string of the molecule is Cc1ccccc1CNC(=O)CN1CCC2(CC1)CC(=O)N(CC(C)C)C2. The first kappa shape index (κ1) is 19.9. The fraction of sp³-hybridized carbons (Fsp3) is 0.636. The van der Waals surface area contributed by atoms with E-state index in [9.17, 15) is 9.59 Å². The molecule has 2 aliphatic rings. The van der Waals surface area contributed by atoms with Crippen molar-refractivity contribution in [3.8, 4) is 0 Å². The Morgan fingerprint density at radius 1 is 1.22 bits per heavy atom. The van der Waals surface area contributed by atoms with Crippen LogP contribution in [0.2, 0.25) is 0 Å². The summed E-state index contributed by atoms with van der Waals surface area (Å²) in [7, 11) is 0. The fourth-order valence-electron chi connectivity index (χ4n) is 4.37. The van der Waals surface area contributed by atoms with Crippen LogP contribution in [-0.2, 0) is 16.1 Å². The van der Waals surface area contributed by atoms with Crippen molar-refractivity contribution in [2.45, 2.75) is 46.6 Å². The Morgan fingerprint density at radius 2 is 1.93 bits per heavy atom. The zero-order chi connectivity index (χ0) is 19.4. The van der Waals surface area contributed by atoms with Gasteiger partial charge in [0.1, 0.15) is 0 Å². The van der Waals surface area contributed by atoms with Crippen LogP contribution in [0.25, 0.3) is 0 Å². The Balaban J connectivity index is 1.44. The highest BCUT2D eigenvalue weighted by atomic mass is 16.2. The number of benzene rings is 1. The second-order valence-electron chi connectivity index (χ2n) is 8.82. The Kier molecular flexibility index (Phi) is 6.20. The number of amides is 2. The largest absolute Gasteiger partial charge is 0.351 e. The summed E-state index contributed by atoms with van der Waals surface area (Å²) in [5.41, 5.74) is 2.51. The summed E-state index contributed by atoms with van der Waals surface area (Å²) in [6.07, 6.45) is 2.71. The highest BCUT2D eigenvalue weighted by molar-refractivity contribution is 5.79. The second kappa shape index (κ2) is 8.42. The predicted octanol–water partition coefficient (Wildman–Crippen LogP) is 2.58. The molecule has 1 aromatic rings. The number of hydrogen-bond acceptors (Lipinski definition) is 3. The highest BCUT2D eigenvalue weighted by Gasteiger charge is 2.44. The topological polar surface area (TPSA) is 52.7 Å². The van der Waals surface area contributed by atoms with Crippen LogP contribution in [-0.4, -0.2) is 54.3 Å². The molecule has 0 atom stereocenters. The molecule has 2 heterocycles. The predicted molar refractivity (Wildman–Crippen MR) is 107 cm³/mol. The minimum absolute atomic E-state index is 0.0816. The van der Waals surface area contributed by atoms with Gasteiger partial charge >= 0.3 is 0 Å². The standard InChI is InChI=1S/C22H33N3O2/c1-17(2)14-25-16-22(12-21(25)27)8-10-24(11-9-22)15-20(26)23-13-19-7-5-4-6-18(19)3/h4-7,17H,8-16H2,1-3H3,(H,23,26). The molecule has 5 nitrogen and oxygen atoms in total. The molecule has 0 bridgehead atoms. The van der Waals surface area contributed by atoms with E-state index in [1.54, 1.807) is 0 Å². The molecular formula is C22H33N3O2. The molecule has 1 aromatic carbocycles. The molecule has 0 unspecified atom stereocenters. The quantitative estimate of drug-likeness (QED) is 0.836. The molecule has 2 fully saturated rings. The van der Waals surface area contributed by atoms with Crippen LogP contribution in [0.1, 0.15) is 44.2 Å². The minimum atomic E-state index is 0.0816. The van der Waals surface area contributed by atoms with Gasteiger partial charge in [-0.25, -0.2) is 0 Å². The van der Waals surface area contributed by atoms with E-state index in [4.69, 9.17) is 0 Å². The normalized spacial score (nSPS) is 19.9. The lowest BCUT2D eigenvalue weighted by Crippen LogP contribution is -2.45. The van der Waals surface area contributed by atoms with E-state index in [1.165, 1.54) is 5.56 Å². The smallest absolute Gasteiger partial charge is 0.234 e. The lowest BCUT2D eigenvalue weighted by atomic mass is 9.77. The average molecular weight is 372 g/mol. The molecule has 148 valence electrons. The minimum Gasteiger partial charge on any atom is -0.351 e. The number of rotatable bonds is 6. The van der Waals surface area contributed by atoms with Gasteiger partial charge in [-0.2, -0.15) is 0 Å². The first-order chi connectivity index (χ1) is 12.9. The molecule has 2 amide bonds. The molecule has 1 spiro atoms. The molecule has 2 saturated heterocycles. The van der Waals surface area contributed by atoms with Crippen molar-refractivity contribution in [2.24, 2.45) is 11.3 Å².